The van der Waals surface area contributed by atoms with Crippen molar-refractivity contribution in [1.82, 2.24) is 10.1 Å². The number of nitrogens with zero attached hydrogens (tertiary/aromatic N) is 3. The van der Waals surface area contributed by atoms with Crippen LogP contribution in [0.2, 0.25) is 0 Å². The summed E-state index contributed by atoms with van der Waals surface area (Å²) < 4.78 is 40.5. The highest BCUT2D eigenvalue weighted by molar-refractivity contribution is 5.95. The van der Waals surface area contributed by atoms with Crippen LogP contribution in [0.15, 0.2) is 54.6 Å². The van der Waals surface area contributed by atoms with Crippen LogP contribution in [0.3, 0.4) is 0 Å². The second kappa shape index (κ2) is 5.76. The molecule has 6 heteroatoms. The molecule has 1 heterocycles. The van der Waals surface area contributed by atoms with Gasteiger partial charge in [-0.05, 0) is 58.6 Å². The predicted octanol–water partition coefficient (Wildman–Crippen LogP) is 4.60. The van der Waals surface area contributed by atoms with Gasteiger partial charge in [-0.3, -0.25) is 0 Å². The highest BCUT2D eigenvalue weighted by Crippen LogP contribution is 2.32. The fourth-order valence-corrected chi connectivity index (χ4v) is 3.07. The van der Waals surface area contributed by atoms with E-state index >= 15 is 0 Å². The molecule has 0 N–H and O–H groups in total. The largest absolute Gasteiger partial charge is 0.416 e. The Balaban J connectivity index is 1.94. The van der Waals surface area contributed by atoms with E-state index in [1.165, 1.54) is 6.07 Å². The molecule has 4 rings (SSSR count). The van der Waals surface area contributed by atoms with Gasteiger partial charge in [0.15, 0.2) is 5.52 Å². The molecule has 26 heavy (non-hydrogen) atoms. The molecular formula is C20H15F3N3+. The van der Waals surface area contributed by atoms with Gasteiger partial charge in [0.2, 0.25) is 5.52 Å². The molecule has 0 unspecified atom stereocenters. The van der Waals surface area contributed by atoms with Crippen LogP contribution in [0.5, 0.6) is 0 Å². The van der Waals surface area contributed by atoms with Gasteiger partial charge >= 0.3 is 12.0 Å². The monoisotopic (exact) mass is 354 g/mol. The van der Waals surface area contributed by atoms with Crippen molar-refractivity contribution in [3.8, 4) is 11.4 Å². The first-order valence-corrected chi connectivity index (χ1v) is 8.08. The average molecular weight is 354 g/mol. The molecule has 0 aliphatic carbocycles. The molecule has 1 aromatic heterocycles. The molecule has 0 amide bonds. The summed E-state index contributed by atoms with van der Waals surface area (Å²) in [5, 5.41) is 5.70. The summed E-state index contributed by atoms with van der Waals surface area (Å²) in [5.41, 5.74) is 2.58. The number of hydrogen-bond acceptors (Lipinski definition) is 2. The quantitative estimate of drug-likeness (QED) is 0.369. The van der Waals surface area contributed by atoms with Crippen molar-refractivity contribution in [2.45, 2.75) is 13.1 Å². The van der Waals surface area contributed by atoms with E-state index in [0.29, 0.717) is 27.6 Å². The van der Waals surface area contributed by atoms with Crippen LogP contribution in [0.4, 0.5) is 13.2 Å². The van der Waals surface area contributed by atoms with Crippen molar-refractivity contribution < 1.29 is 17.9 Å². The Morgan fingerprint density at radius 2 is 1.62 bits per heavy atom. The van der Waals surface area contributed by atoms with Gasteiger partial charge in [0.1, 0.15) is 7.05 Å². The number of aryl methyl sites for hydroxylation is 2. The van der Waals surface area contributed by atoms with E-state index in [-0.39, 0.29) is 0 Å². The lowest BCUT2D eigenvalue weighted by Gasteiger charge is -2.08. The van der Waals surface area contributed by atoms with E-state index in [1.54, 1.807) is 23.9 Å². The molecule has 0 spiro atoms. The fraction of sp³-hybridized carbons (Fsp3) is 0.150. The summed E-state index contributed by atoms with van der Waals surface area (Å²) in [6.07, 6.45) is -4.37. The number of halogens is 3. The van der Waals surface area contributed by atoms with Crippen molar-refractivity contribution >= 4 is 21.8 Å². The van der Waals surface area contributed by atoms with Gasteiger partial charge in [0.25, 0.3) is 0 Å². The molecule has 0 aliphatic heterocycles. The van der Waals surface area contributed by atoms with Gasteiger partial charge in [0.05, 0.1) is 11.1 Å². The lowest BCUT2D eigenvalue weighted by molar-refractivity contribution is -0.720. The molecule has 0 fully saturated rings. The van der Waals surface area contributed by atoms with Crippen molar-refractivity contribution in [3.63, 3.8) is 0 Å². The van der Waals surface area contributed by atoms with Crippen LogP contribution in [0.1, 0.15) is 11.1 Å². The molecule has 3 nitrogen and oxygen atoms in total. The molecule has 0 bridgehead atoms. The number of benzene rings is 3. The number of aromatic nitrogens is 3. The van der Waals surface area contributed by atoms with E-state index in [4.69, 9.17) is 4.98 Å². The van der Waals surface area contributed by atoms with Gasteiger partial charge in [-0.2, -0.15) is 13.2 Å². The summed E-state index contributed by atoms with van der Waals surface area (Å²) in [6, 6.07) is 15.0. The number of fused-ring (bicyclic) bond motifs is 2. The third kappa shape index (κ3) is 2.77. The van der Waals surface area contributed by atoms with E-state index < -0.39 is 11.7 Å². The standard InChI is InChI=1S/C20H15F3N3/c1-12-5-3-4-6-16(12)19-24-17-10-13-7-8-15(20(21,22)23)9-14(13)11-18(17)25-26(19)2/h3-11H,1-2H3/q+1. The maximum absolute atomic E-state index is 12.9. The summed E-state index contributed by atoms with van der Waals surface area (Å²) in [4.78, 5) is 4.71. The van der Waals surface area contributed by atoms with Gasteiger partial charge in [-0.15, -0.1) is 4.68 Å². The van der Waals surface area contributed by atoms with Gasteiger partial charge in [-0.25, -0.2) is 0 Å². The first-order valence-electron chi connectivity index (χ1n) is 8.08. The van der Waals surface area contributed by atoms with Crippen LogP contribution >= 0.6 is 0 Å². The first kappa shape index (κ1) is 16.4. The molecule has 0 atom stereocenters. The Labute approximate surface area is 147 Å². The molecule has 0 saturated heterocycles. The van der Waals surface area contributed by atoms with Crippen molar-refractivity contribution in [1.29, 1.82) is 0 Å². The Morgan fingerprint density at radius 1 is 0.885 bits per heavy atom. The third-order valence-corrected chi connectivity index (χ3v) is 4.44. The SMILES string of the molecule is Cc1ccccc1-c1nc2cc3ccc(C(F)(F)F)cc3cc2n[n+]1C. The average Bonchev–Trinajstić information content (AvgIpc) is 2.59. The maximum Gasteiger partial charge on any atom is 0.416 e. The van der Waals surface area contributed by atoms with Crippen molar-refractivity contribution in [2.24, 2.45) is 7.05 Å². The Kier molecular flexibility index (Phi) is 3.64. The zero-order valence-electron chi connectivity index (χ0n) is 14.2. The van der Waals surface area contributed by atoms with Gasteiger partial charge < -0.3 is 0 Å². The van der Waals surface area contributed by atoms with E-state index in [1.807, 2.05) is 31.2 Å². The Morgan fingerprint density at radius 3 is 2.35 bits per heavy atom. The molecule has 4 aromatic rings. The lowest BCUT2D eigenvalue weighted by Crippen LogP contribution is -2.37. The first-order chi connectivity index (χ1) is 12.3. The van der Waals surface area contributed by atoms with E-state index in [9.17, 15) is 13.2 Å². The predicted molar refractivity (Wildman–Crippen MR) is 93.4 cm³/mol. The zero-order valence-corrected chi connectivity index (χ0v) is 14.2. The minimum absolute atomic E-state index is 0.491. The molecule has 0 aliphatic rings. The normalized spacial score (nSPS) is 12.0. The van der Waals surface area contributed by atoms with Gasteiger partial charge in [-0.1, -0.05) is 29.4 Å². The number of alkyl halides is 3. The highest BCUT2D eigenvalue weighted by atomic mass is 19.4. The van der Waals surface area contributed by atoms with Crippen LogP contribution in [-0.2, 0) is 13.2 Å². The minimum atomic E-state index is -4.37. The molecular weight excluding hydrogens is 339 g/mol. The van der Waals surface area contributed by atoms with Crippen molar-refractivity contribution in [3.05, 3.63) is 65.7 Å². The summed E-state index contributed by atoms with van der Waals surface area (Å²) in [5.74, 6) is 0.710. The topological polar surface area (TPSA) is 29.7 Å². The number of hydrogen-bond donors (Lipinski definition) is 0. The number of rotatable bonds is 1. The van der Waals surface area contributed by atoms with Crippen LogP contribution < -0.4 is 4.68 Å². The smallest absolute Gasteiger partial charge is 0.166 e. The summed E-state index contributed by atoms with van der Waals surface area (Å²) in [7, 11) is 1.78. The second-order valence-electron chi connectivity index (χ2n) is 6.27. The summed E-state index contributed by atoms with van der Waals surface area (Å²) in [6.45, 7) is 2.00. The lowest BCUT2D eigenvalue weighted by atomic mass is 10.1. The highest BCUT2D eigenvalue weighted by Gasteiger charge is 2.30. The van der Waals surface area contributed by atoms with Crippen LogP contribution in [-0.4, -0.2) is 10.1 Å². The third-order valence-electron chi connectivity index (χ3n) is 4.44. The van der Waals surface area contributed by atoms with Crippen LogP contribution in [0, 0.1) is 6.92 Å². The molecule has 130 valence electrons. The van der Waals surface area contributed by atoms with E-state index in [0.717, 1.165) is 23.3 Å². The molecule has 0 saturated carbocycles. The summed E-state index contributed by atoms with van der Waals surface area (Å²) >= 11 is 0. The van der Waals surface area contributed by atoms with Crippen LogP contribution in [0.25, 0.3) is 33.2 Å². The second-order valence-corrected chi connectivity index (χ2v) is 6.27. The van der Waals surface area contributed by atoms with Crippen molar-refractivity contribution in [2.75, 3.05) is 0 Å². The Bertz CT molecular complexity index is 1150. The van der Waals surface area contributed by atoms with Gasteiger partial charge in [0, 0.05) is 0 Å². The molecule has 3 aromatic carbocycles. The fourth-order valence-electron chi connectivity index (χ4n) is 3.07. The minimum Gasteiger partial charge on any atom is -0.166 e. The molecule has 0 radical (unpaired) electrons. The maximum atomic E-state index is 12.9. The Hall–Kier alpha value is -3.02. The van der Waals surface area contributed by atoms with E-state index in [2.05, 4.69) is 5.10 Å². The zero-order chi connectivity index (χ0) is 18.5.